The van der Waals surface area contributed by atoms with Gasteiger partial charge in [0.1, 0.15) is 24.4 Å². The summed E-state index contributed by atoms with van der Waals surface area (Å²) in [4.78, 5) is 10.3. The fourth-order valence-corrected chi connectivity index (χ4v) is 2.55. The quantitative estimate of drug-likeness (QED) is 0.316. The van der Waals surface area contributed by atoms with E-state index >= 15 is 0 Å². The lowest BCUT2D eigenvalue weighted by molar-refractivity contribution is -0.383. The summed E-state index contributed by atoms with van der Waals surface area (Å²) in [5.74, 6) is 0. The van der Waals surface area contributed by atoms with E-state index in [4.69, 9.17) is 9.84 Å². The van der Waals surface area contributed by atoms with Crippen LogP contribution in [0, 0.1) is 10.1 Å². The molecule has 0 radical (unpaired) electrons. The Morgan fingerprint density at radius 1 is 1.21 bits per heavy atom. The number of nitro groups is 1. The number of aliphatic hydroxyl groups is 4. The van der Waals surface area contributed by atoms with Crippen LogP contribution in [-0.4, -0.2) is 72.9 Å². The van der Waals surface area contributed by atoms with Crippen molar-refractivity contribution in [1.82, 2.24) is 10.3 Å². The van der Waals surface area contributed by atoms with Gasteiger partial charge in [0.15, 0.2) is 11.8 Å². The second-order valence-corrected chi connectivity index (χ2v) is 5.25. The van der Waals surface area contributed by atoms with Crippen molar-refractivity contribution in [1.29, 1.82) is 0 Å². The van der Waals surface area contributed by atoms with E-state index in [1.165, 1.54) is 6.07 Å². The molecule has 1 fully saturated rings. The Kier molecular flexibility index (Phi) is 4.29. The van der Waals surface area contributed by atoms with Crippen molar-refractivity contribution in [3.8, 4) is 0 Å². The average molecular weight is 342 g/mol. The van der Waals surface area contributed by atoms with Crippen LogP contribution in [0.5, 0.6) is 0 Å². The van der Waals surface area contributed by atoms with Crippen molar-refractivity contribution >= 4 is 22.4 Å². The molecule has 0 spiro atoms. The molecule has 5 atom stereocenters. The molecule has 1 aromatic heterocycles. The summed E-state index contributed by atoms with van der Waals surface area (Å²) >= 11 is 0. The lowest BCUT2D eigenvalue weighted by atomic mass is 9.96. The number of rotatable bonds is 4. The number of nitrogens with zero attached hydrogens (tertiary/aromatic N) is 3. The first kappa shape index (κ1) is 16.5. The Bertz CT molecular complexity index is 752. The van der Waals surface area contributed by atoms with Gasteiger partial charge in [0.2, 0.25) is 5.52 Å². The molecule has 1 aromatic carbocycles. The van der Waals surface area contributed by atoms with Gasteiger partial charge in [-0.15, -0.1) is 0 Å². The van der Waals surface area contributed by atoms with Gasteiger partial charge in [-0.2, -0.15) is 0 Å². The van der Waals surface area contributed by atoms with Crippen molar-refractivity contribution in [2.75, 3.05) is 11.9 Å². The number of nitro benzene ring substituents is 1. The molecule has 130 valence electrons. The predicted molar refractivity (Wildman–Crippen MR) is 75.8 cm³/mol. The highest BCUT2D eigenvalue weighted by Gasteiger charge is 2.44. The molecular weight excluding hydrogens is 328 g/mol. The van der Waals surface area contributed by atoms with Crippen LogP contribution in [0.1, 0.15) is 0 Å². The second kappa shape index (κ2) is 6.26. The fraction of sp³-hybridized carbons (Fsp3) is 0.500. The van der Waals surface area contributed by atoms with E-state index in [9.17, 15) is 25.4 Å². The average Bonchev–Trinajstić information content (AvgIpc) is 3.04. The number of nitrogens with one attached hydrogen (secondary N) is 1. The maximum Gasteiger partial charge on any atom is 0.300 e. The number of ether oxygens (including phenoxy) is 1. The molecule has 2 aromatic rings. The molecule has 1 saturated heterocycles. The van der Waals surface area contributed by atoms with Crippen molar-refractivity contribution in [3.63, 3.8) is 0 Å². The molecule has 2 heterocycles. The number of fused-ring (bicyclic) bond motifs is 1. The molecule has 0 amide bonds. The molecule has 24 heavy (non-hydrogen) atoms. The van der Waals surface area contributed by atoms with E-state index in [1.807, 2.05) is 0 Å². The van der Waals surface area contributed by atoms with Gasteiger partial charge in [-0.25, -0.2) is 4.63 Å². The van der Waals surface area contributed by atoms with Crippen LogP contribution >= 0.6 is 0 Å². The first-order valence-electron chi connectivity index (χ1n) is 6.90. The van der Waals surface area contributed by atoms with Crippen LogP contribution < -0.4 is 5.32 Å². The maximum atomic E-state index is 10.9. The highest BCUT2D eigenvalue weighted by molar-refractivity contribution is 5.93. The number of non-ortho nitro benzene ring substituents is 1. The Morgan fingerprint density at radius 3 is 2.58 bits per heavy atom. The van der Waals surface area contributed by atoms with Crippen molar-refractivity contribution in [2.24, 2.45) is 0 Å². The molecule has 1 aliphatic rings. The number of hydrogen-bond acceptors (Lipinski definition) is 11. The number of hydrogen-bond donors (Lipinski definition) is 5. The minimum Gasteiger partial charge on any atom is -0.394 e. The first-order chi connectivity index (χ1) is 11.4. The van der Waals surface area contributed by atoms with E-state index in [-0.39, 0.29) is 22.4 Å². The molecular formula is C12H14N4O8. The molecule has 3 rings (SSSR count). The van der Waals surface area contributed by atoms with E-state index in [2.05, 4.69) is 20.3 Å². The third kappa shape index (κ3) is 2.65. The van der Waals surface area contributed by atoms with Gasteiger partial charge < -0.3 is 30.5 Å². The Balaban J connectivity index is 1.91. The largest absolute Gasteiger partial charge is 0.394 e. The van der Waals surface area contributed by atoms with Gasteiger partial charge in [0, 0.05) is 6.07 Å². The van der Waals surface area contributed by atoms with E-state index in [0.29, 0.717) is 0 Å². The number of aliphatic hydroxyl groups excluding tert-OH is 4. The van der Waals surface area contributed by atoms with Crippen LogP contribution in [0.2, 0.25) is 0 Å². The normalized spacial score (nSPS) is 30.4. The van der Waals surface area contributed by atoms with Crippen molar-refractivity contribution < 1.29 is 34.7 Å². The lowest BCUT2D eigenvalue weighted by Gasteiger charge is -2.40. The summed E-state index contributed by atoms with van der Waals surface area (Å²) in [5, 5.41) is 59.7. The lowest BCUT2D eigenvalue weighted by Crippen LogP contribution is -2.61. The van der Waals surface area contributed by atoms with Crippen molar-refractivity contribution in [2.45, 2.75) is 30.6 Å². The standard InChI is InChI=1S/C12H14N4O8/c17-3-6-10(18)11(19)9(12(20)23-6)13-4-1-2-5(16(21)22)8-7(4)14-24-15-8/h1-2,6,9-13,17-20H,3H2/t6-,9-,10+,11-,12+/m0/s1. The molecule has 0 saturated carbocycles. The van der Waals surface area contributed by atoms with Crippen molar-refractivity contribution in [3.05, 3.63) is 22.2 Å². The van der Waals surface area contributed by atoms with E-state index < -0.39 is 42.2 Å². The molecule has 0 bridgehead atoms. The van der Waals surface area contributed by atoms with E-state index in [0.717, 1.165) is 6.07 Å². The number of aromatic nitrogens is 2. The highest BCUT2D eigenvalue weighted by Crippen LogP contribution is 2.31. The van der Waals surface area contributed by atoms with Crippen LogP contribution in [0.3, 0.4) is 0 Å². The fourth-order valence-electron chi connectivity index (χ4n) is 2.55. The van der Waals surface area contributed by atoms with E-state index in [1.54, 1.807) is 0 Å². The zero-order chi connectivity index (χ0) is 17.4. The molecule has 1 aliphatic heterocycles. The summed E-state index contributed by atoms with van der Waals surface area (Å²) < 4.78 is 9.54. The Labute approximate surface area is 133 Å². The molecule has 5 N–H and O–H groups in total. The monoisotopic (exact) mass is 342 g/mol. The molecule has 12 heteroatoms. The maximum absolute atomic E-state index is 10.9. The zero-order valence-corrected chi connectivity index (χ0v) is 12.0. The molecule has 0 aliphatic carbocycles. The van der Waals surface area contributed by atoms with Gasteiger partial charge in [0.25, 0.3) is 0 Å². The minimum absolute atomic E-state index is 0.0161. The summed E-state index contributed by atoms with van der Waals surface area (Å²) in [6.07, 6.45) is -5.61. The zero-order valence-electron chi connectivity index (χ0n) is 12.0. The van der Waals surface area contributed by atoms with Gasteiger partial charge in [-0.05, 0) is 16.4 Å². The third-order valence-electron chi connectivity index (χ3n) is 3.81. The minimum atomic E-state index is -1.55. The van der Waals surface area contributed by atoms with Gasteiger partial charge in [-0.3, -0.25) is 10.1 Å². The highest BCUT2D eigenvalue weighted by atomic mass is 16.6. The number of anilines is 1. The SMILES string of the molecule is O=[N+]([O-])c1ccc(N[C@H]2[C@H](O)[C@H](O)[C@H](CO)O[C@H]2O)c2nonc12. The summed E-state index contributed by atoms with van der Waals surface area (Å²) in [6.45, 7) is -0.586. The molecule has 12 nitrogen and oxygen atoms in total. The predicted octanol–water partition coefficient (Wildman–Crippen LogP) is -1.66. The topological polar surface area (TPSA) is 184 Å². The second-order valence-electron chi connectivity index (χ2n) is 5.25. The van der Waals surface area contributed by atoms with Crippen LogP contribution in [-0.2, 0) is 4.74 Å². The Hall–Kier alpha value is -2.38. The third-order valence-corrected chi connectivity index (χ3v) is 3.81. The van der Waals surface area contributed by atoms with Gasteiger partial charge in [0.05, 0.1) is 17.2 Å². The first-order valence-corrected chi connectivity index (χ1v) is 6.90. The van der Waals surface area contributed by atoms with Gasteiger partial charge in [-0.1, -0.05) is 0 Å². The Morgan fingerprint density at radius 2 is 1.92 bits per heavy atom. The summed E-state index contributed by atoms with van der Waals surface area (Å²) in [6, 6.07) is 1.28. The summed E-state index contributed by atoms with van der Waals surface area (Å²) in [7, 11) is 0. The smallest absolute Gasteiger partial charge is 0.300 e. The van der Waals surface area contributed by atoms with Crippen LogP contribution in [0.4, 0.5) is 11.4 Å². The van der Waals surface area contributed by atoms with Gasteiger partial charge >= 0.3 is 5.69 Å². The molecule has 0 unspecified atom stereocenters. The van der Waals surface area contributed by atoms with Crippen LogP contribution in [0.25, 0.3) is 11.0 Å². The number of benzene rings is 1. The van der Waals surface area contributed by atoms with Crippen LogP contribution in [0.15, 0.2) is 16.8 Å². The summed E-state index contributed by atoms with van der Waals surface area (Å²) in [5.41, 5.74) is -0.238.